The van der Waals surface area contributed by atoms with Crippen LogP contribution in [0.2, 0.25) is 0 Å². The average Bonchev–Trinajstić information content (AvgIpc) is 3.70. The number of anilines is 1. The van der Waals surface area contributed by atoms with Crippen LogP contribution in [0.3, 0.4) is 0 Å². The van der Waals surface area contributed by atoms with Crippen LogP contribution in [-0.2, 0) is 38.2 Å². The molecule has 46 heavy (non-hydrogen) atoms. The van der Waals surface area contributed by atoms with Gasteiger partial charge >= 0.3 is 12.1 Å². The minimum atomic E-state index is -1.13. The molecule has 2 amide bonds. The highest BCUT2D eigenvalue weighted by molar-refractivity contribution is 6.04. The summed E-state index contributed by atoms with van der Waals surface area (Å²) in [6.45, 7) is 8.05. The molecular formula is C34H47N7O5. The van der Waals surface area contributed by atoms with Gasteiger partial charge in [0.15, 0.2) is 0 Å². The van der Waals surface area contributed by atoms with Crippen LogP contribution in [0, 0.1) is 5.41 Å². The molecule has 0 saturated carbocycles. The lowest BCUT2D eigenvalue weighted by Crippen LogP contribution is -2.54. The largest absolute Gasteiger partial charge is 0.465 e. The van der Waals surface area contributed by atoms with Crippen molar-refractivity contribution in [1.29, 1.82) is 5.41 Å². The molecule has 0 spiro atoms. The maximum absolute atomic E-state index is 13.7. The number of nitrogens with zero attached hydrogens (tertiary/aromatic N) is 3. The summed E-state index contributed by atoms with van der Waals surface area (Å²) in [7, 11) is 1.94. The molecule has 3 aromatic rings. The Balaban J connectivity index is 1.41. The van der Waals surface area contributed by atoms with Crippen molar-refractivity contribution < 1.29 is 23.9 Å². The lowest BCUT2D eigenvalue weighted by Gasteiger charge is -2.33. The minimum absolute atomic E-state index is 0.0248. The normalized spacial score (nSPS) is 14.1. The number of unbranched alkanes of at least 4 members (excludes halogenated alkanes) is 3. The molecule has 1 aliphatic rings. The quantitative estimate of drug-likeness (QED) is 0.0806. The Hall–Kier alpha value is -4.45. The molecule has 1 aliphatic heterocycles. The number of amidine groups is 1. The van der Waals surface area contributed by atoms with Crippen molar-refractivity contribution in [3.8, 4) is 0 Å². The predicted octanol–water partition coefficient (Wildman–Crippen LogP) is 4.81. The van der Waals surface area contributed by atoms with Crippen molar-refractivity contribution in [2.45, 2.75) is 71.4 Å². The number of amides is 2. The van der Waals surface area contributed by atoms with E-state index >= 15 is 0 Å². The fourth-order valence-corrected chi connectivity index (χ4v) is 5.56. The Morgan fingerprint density at radius 3 is 2.43 bits per heavy atom. The van der Waals surface area contributed by atoms with Gasteiger partial charge in [-0.1, -0.05) is 32.3 Å². The number of aryl methyl sites for hydroxylation is 1. The number of likely N-dealkylation sites (tertiary alicyclic amines) is 1. The Morgan fingerprint density at radius 2 is 1.74 bits per heavy atom. The number of aromatic nitrogens is 2. The molecule has 248 valence electrons. The Labute approximate surface area is 270 Å². The van der Waals surface area contributed by atoms with Crippen LogP contribution in [0.1, 0.15) is 76.2 Å². The first-order valence-corrected chi connectivity index (χ1v) is 16.2. The van der Waals surface area contributed by atoms with E-state index in [-0.39, 0.29) is 24.9 Å². The Kier molecular flexibility index (Phi) is 12.1. The molecule has 0 bridgehead atoms. The maximum atomic E-state index is 13.7. The van der Waals surface area contributed by atoms with E-state index in [1.54, 1.807) is 19.1 Å². The zero-order valence-electron chi connectivity index (χ0n) is 27.4. The summed E-state index contributed by atoms with van der Waals surface area (Å²) in [5.41, 5.74) is 2.64. The highest BCUT2D eigenvalue weighted by atomic mass is 16.5. The molecule has 4 N–H and O–H groups in total. The number of fused-ring (bicyclic) bond motifs is 1. The standard InChI is InChI=1S/C34H47N7O5/c1-5-7-8-11-20-46-33(44)39-31(35)24-12-15-26(16-13-24)36-22-29-38-27-21-25(14-17-28(27)40(29)4)34(3,37-23-30(42)45-6-2)32(43)41-18-9-10-19-41/h12-17,21,36-37H,5-11,18-20,22-23H2,1-4H3,(H2,35,39,44). The lowest BCUT2D eigenvalue weighted by atomic mass is 9.89. The van der Waals surface area contributed by atoms with Crippen molar-refractivity contribution in [3.63, 3.8) is 0 Å². The lowest BCUT2D eigenvalue weighted by molar-refractivity contribution is -0.143. The van der Waals surface area contributed by atoms with Gasteiger partial charge in [-0.2, -0.15) is 0 Å². The van der Waals surface area contributed by atoms with Crippen molar-refractivity contribution >= 4 is 40.5 Å². The van der Waals surface area contributed by atoms with Crippen molar-refractivity contribution in [2.75, 3.05) is 38.2 Å². The highest BCUT2D eigenvalue weighted by Gasteiger charge is 2.40. The fraction of sp³-hybridized carbons (Fsp3) is 0.500. The number of rotatable bonds is 15. The zero-order valence-corrected chi connectivity index (χ0v) is 27.4. The number of hydrogen-bond donors (Lipinski definition) is 4. The Morgan fingerprint density at radius 1 is 1.00 bits per heavy atom. The van der Waals surface area contributed by atoms with Crippen molar-refractivity contribution in [3.05, 3.63) is 59.4 Å². The molecule has 12 nitrogen and oxygen atoms in total. The van der Waals surface area contributed by atoms with Gasteiger partial charge in [-0.15, -0.1) is 0 Å². The molecule has 1 aromatic heterocycles. The molecule has 2 aromatic carbocycles. The van der Waals surface area contributed by atoms with Gasteiger partial charge < -0.3 is 24.3 Å². The van der Waals surface area contributed by atoms with Crippen LogP contribution in [-0.4, -0.2) is 71.1 Å². The fourth-order valence-electron chi connectivity index (χ4n) is 5.56. The summed E-state index contributed by atoms with van der Waals surface area (Å²) in [5, 5.41) is 17.2. The summed E-state index contributed by atoms with van der Waals surface area (Å²) in [6, 6.07) is 13.0. The van der Waals surface area contributed by atoms with E-state index in [2.05, 4.69) is 22.9 Å². The van der Waals surface area contributed by atoms with E-state index in [9.17, 15) is 14.4 Å². The highest BCUT2D eigenvalue weighted by Crippen LogP contribution is 2.29. The van der Waals surface area contributed by atoms with E-state index in [0.717, 1.165) is 66.6 Å². The van der Waals surface area contributed by atoms with E-state index in [4.69, 9.17) is 19.9 Å². The topological polar surface area (TPSA) is 151 Å². The molecular weight excluding hydrogens is 586 g/mol. The monoisotopic (exact) mass is 633 g/mol. The van der Waals surface area contributed by atoms with E-state index < -0.39 is 17.6 Å². The summed E-state index contributed by atoms with van der Waals surface area (Å²) in [4.78, 5) is 44.7. The van der Waals surface area contributed by atoms with E-state index in [1.807, 2.05) is 53.8 Å². The van der Waals surface area contributed by atoms with Crippen molar-refractivity contribution in [1.82, 2.24) is 25.1 Å². The summed E-state index contributed by atoms with van der Waals surface area (Å²) < 4.78 is 12.3. The summed E-state index contributed by atoms with van der Waals surface area (Å²) >= 11 is 0. The molecule has 12 heteroatoms. The first kappa shape index (κ1) is 34.4. The van der Waals surface area contributed by atoms with Gasteiger partial charge in [0.05, 0.1) is 37.3 Å². The van der Waals surface area contributed by atoms with Crippen LogP contribution in [0.25, 0.3) is 11.0 Å². The second-order valence-electron chi connectivity index (χ2n) is 11.7. The average molecular weight is 634 g/mol. The number of carbonyl (C=O) groups excluding carboxylic acids is 3. The number of alkyl carbamates (subject to hydrolysis) is 1. The third-order valence-electron chi connectivity index (χ3n) is 8.35. The molecule has 0 aliphatic carbocycles. The first-order chi connectivity index (χ1) is 22.2. The third-order valence-corrected chi connectivity index (χ3v) is 8.35. The predicted molar refractivity (Wildman–Crippen MR) is 178 cm³/mol. The first-order valence-electron chi connectivity index (χ1n) is 16.2. The van der Waals surface area contributed by atoms with E-state index in [1.165, 1.54) is 0 Å². The van der Waals surface area contributed by atoms with Crippen LogP contribution < -0.4 is 16.0 Å². The van der Waals surface area contributed by atoms with Crippen molar-refractivity contribution in [2.24, 2.45) is 7.05 Å². The van der Waals surface area contributed by atoms with Crippen LogP contribution in [0.5, 0.6) is 0 Å². The molecule has 1 fully saturated rings. The summed E-state index contributed by atoms with van der Waals surface area (Å²) in [6.07, 6.45) is 5.35. The Bertz CT molecular complexity index is 1510. The van der Waals surface area contributed by atoms with Gasteiger partial charge in [0.25, 0.3) is 0 Å². The van der Waals surface area contributed by atoms with Gasteiger partial charge in [0.1, 0.15) is 17.2 Å². The molecule has 0 radical (unpaired) electrons. The SMILES string of the molecule is CCCCCCOC(=O)NC(=N)c1ccc(NCc2nc3cc(C(C)(NCC(=O)OCC)C(=O)N4CCCC4)ccc3n2C)cc1. The number of nitrogens with one attached hydrogen (secondary N) is 4. The second-order valence-corrected chi connectivity index (χ2v) is 11.7. The molecule has 1 saturated heterocycles. The molecule has 2 heterocycles. The van der Waals surface area contributed by atoms with Crippen LogP contribution in [0.4, 0.5) is 10.5 Å². The van der Waals surface area contributed by atoms with Gasteiger partial charge in [-0.25, -0.2) is 9.78 Å². The van der Waals surface area contributed by atoms with Gasteiger partial charge in [-0.3, -0.25) is 25.6 Å². The number of benzene rings is 2. The van der Waals surface area contributed by atoms with Gasteiger partial charge in [-0.05, 0) is 75.1 Å². The zero-order chi connectivity index (χ0) is 33.1. The van der Waals surface area contributed by atoms with Crippen LogP contribution >= 0.6 is 0 Å². The van der Waals surface area contributed by atoms with Gasteiger partial charge in [0, 0.05) is 31.4 Å². The minimum Gasteiger partial charge on any atom is -0.465 e. The molecule has 4 rings (SSSR count). The number of carbonyl (C=O) groups is 3. The second kappa shape index (κ2) is 16.2. The molecule has 1 atom stereocenters. The number of ether oxygens (including phenoxy) is 2. The summed E-state index contributed by atoms with van der Waals surface area (Å²) in [5.74, 6) is 0.284. The third kappa shape index (κ3) is 8.63. The van der Waals surface area contributed by atoms with E-state index in [0.29, 0.717) is 31.8 Å². The van der Waals surface area contributed by atoms with Crippen LogP contribution in [0.15, 0.2) is 42.5 Å². The number of esters is 1. The number of imidazole rings is 1. The number of hydrogen-bond acceptors (Lipinski definition) is 9. The molecule has 1 unspecified atom stereocenters. The maximum Gasteiger partial charge on any atom is 0.412 e. The smallest absolute Gasteiger partial charge is 0.412 e. The van der Waals surface area contributed by atoms with Gasteiger partial charge in [0.2, 0.25) is 5.91 Å².